The first-order valence-corrected chi connectivity index (χ1v) is 9.51. The van der Waals surface area contributed by atoms with E-state index in [1.165, 1.54) is 0 Å². The minimum atomic E-state index is -0.387. The molecule has 0 aliphatic carbocycles. The molecule has 0 fully saturated rings. The number of nitrogens with one attached hydrogen (secondary N) is 2. The molecule has 1 unspecified atom stereocenters. The van der Waals surface area contributed by atoms with Gasteiger partial charge >= 0.3 is 0 Å². The highest BCUT2D eigenvalue weighted by Gasteiger charge is 2.25. The van der Waals surface area contributed by atoms with Crippen LogP contribution in [-0.2, 0) is 20.7 Å². The zero-order valence-corrected chi connectivity index (χ0v) is 18.3. The van der Waals surface area contributed by atoms with Crippen LogP contribution >= 0.6 is 0 Å². The normalized spacial score (nSPS) is 12.7. The number of benzene rings is 1. The van der Waals surface area contributed by atoms with Gasteiger partial charge < -0.3 is 29.6 Å². The fourth-order valence-electron chi connectivity index (χ4n) is 2.86. The molecule has 2 N–H and O–H groups in total. The maximum atomic E-state index is 12.7. The van der Waals surface area contributed by atoms with Crippen molar-refractivity contribution in [3.05, 3.63) is 23.8 Å². The number of carbonyl (C=O) groups is 1. The molecule has 0 heterocycles. The molecule has 0 aliphatic rings. The van der Waals surface area contributed by atoms with Gasteiger partial charge in [-0.1, -0.05) is 26.8 Å². The van der Waals surface area contributed by atoms with Gasteiger partial charge in [0, 0.05) is 27.3 Å². The Balaban J connectivity index is 2.64. The first-order valence-electron chi connectivity index (χ1n) is 9.51. The summed E-state index contributed by atoms with van der Waals surface area (Å²) in [7, 11) is 6.38. The molecule has 0 spiro atoms. The predicted octanol–water partition coefficient (Wildman–Crippen LogP) is 2.38. The van der Waals surface area contributed by atoms with Gasteiger partial charge in [0.1, 0.15) is 0 Å². The van der Waals surface area contributed by atoms with Crippen molar-refractivity contribution < 1.29 is 23.7 Å². The summed E-state index contributed by atoms with van der Waals surface area (Å²) in [5, 5.41) is 6.29. The molecule has 1 rings (SSSR count). The lowest BCUT2D eigenvalue weighted by Crippen LogP contribution is -2.49. The van der Waals surface area contributed by atoms with Gasteiger partial charge in [0.25, 0.3) is 0 Å². The van der Waals surface area contributed by atoms with Gasteiger partial charge in [-0.05, 0) is 36.0 Å². The zero-order chi connectivity index (χ0) is 21.2. The standard InChI is InChI=1S/C21H36N2O5/c1-21(2,3)13-16(23-14-19(27-6)28-7)20(24)22-11-10-15-8-9-17(25-4)18(12-15)26-5/h8-9,12,16,19,23H,10-11,13-14H2,1-7H3,(H,22,24). The number of carbonyl (C=O) groups excluding carboxylic acids is 1. The van der Waals surface area contributed by atoms with Crippen molar-refractivity contribution >= 4 is 5.91 Å². The van der Waals surface area contributed by atoms with Gasteiger partial charge in [0.05, 0.1) is 20.3 Å². The molecule has 160 valence electrons. The summed E-state index contributed by atoms with van der Waals surface area (Å²) >= 11 is 0. The molecule has 1 aromatic carbocycles. The van der Waals surface area contributed by atoms with E-state index in [4.69, 9.17) is 18.9 Å². The third-order valence-corrected chi connectivity index (χ3v) is 4.35. The van der Waals surface area contributed by atoms with Crippen LogP contribution in [-0.4, -0.2) is 59.8 Å². The van der Waals surface area contributed by atoms with Crippen molar-refractivity contribution in [3.63, 3.8) is 0 Å². The van der Waals surface area contributed by atoms with E-state index in [0.29, 0.717) is 37.4 Å². The van der Waals surface area contributed by atoms with Crippen molar-refractivity contribution in [2.45, 2.75) is 45.9 Å². The van der Waals surface area contributed by atoms with Gasteiger partial charge in [-0.15, -0.1) is 0 Å². The molecule has 0 radical (unpaired) electrons. The Kier molecular flexibility index (Phi) is 10.3. The predicted molar refractivity (Wildman–Crippen MR) is 110 cm³/mol. The molecule has 7 heteroatoms. The number of methoxy groups -OCH3 is 4. The van der Waals surface area contributed by atoms with Crippen LogP contribution in [0.4, 0.5) is 0 Å². The number of amides is 1. The van der Waals surface area contributed by atoms with Crippen LogP contribution in [0.5, 0.6) is 11.5 Å². The van der Waals surface area contributed by atoms with Crippen molar-refractivity contribution in [2.24, 2.45) is 5.41 Å². The Labute approximate surface area is 169 Å². The summed E-state index contributed by atoms with van der Waals surface area (Å²) in [4.78, 5) is 12.7. The molecular formula is C21H36N2O5. The second kappa shape index (κ2) is 11.9. The molecule has 1 amide bonds. The van der Waals surface area contributed by atoms with Gasteiger partial charge in [-0.25, -0.2) is 0 Å². The highest BCUT2D eigenvalue weighted by Crippen LogP contribution is 2.27. The summed E-state index contributed by atoms with van der Waals surface area (Å²) in [5.74, 6) is 1.35. The summed E-state index contributed by atoms with van der Waals surface area (Å²) in [6.07, 6.45) is 1.02. The van der Waals surface area contributed by atoms with E-state index in [1.807, 2.05) is 18.2 Å². The lowest BCUT2D eigenvalue weighted by Gasteiger charge is -2.27. The van der Waals surface area contributed by atoms with E-state index in [9.17, 15) is 4.79 Å². The first-order chi connectivity index (χ1) is 13.2. The number of rotatable bonds is 12. The van der Waals surface area contributed by atoms with Crippen molar-refractivity contribution in [3.8, 4) is 11.5 Å². The second-order valence-corrected chi connectivity index (χ2v) is 7.86. The van der Waals surface area contributed by atoms with Gasteiger partial charge in [-0.2, -0.15) is 0 Å². The van der Waals surface area contributed by atoms with E-state index >= 15 is 0 Å². The third kappa shape index (κ3) is 8.46. The molecule has 0 saturated carbocycles. The molecule has 0 bridgehead atoms. The Bertz CT molecular complexity index is 597. The van der Waals surface area contributed by atoms with Crippen LogP contribution in [0.3, 0.4) is 0 Å². The summed E-state index contributed by atoms with van der Waals surface area (Å²) in [6.45, 7) is 7.32. The summed E-state index contributed by atoms with van der Waals surface area (Å²) in [5.41, 5.74) is 1.07. The van der Waals surface area contributed by atoms with Crippen LogP contribution in [0, 0.1) is 5.41 Å². The Morgan fingerprint density at radius 3 is 2.21 bits per heavy atom. The molecule has 0 aliphatic heterocycles. The zero-order valence-electron chi connectivity index (χ0n) is 18.3. The topological polar surface area (TPSA) is 78.1 Å². The molecule has 28 heavy (non-hydrogen) atoms. The largest absolute Gasteiger partial charge is 0.493 e. The third-order valence-electron chi connectivity index (χ3n) is 4.35. The Morgan fingerprint density at radius 1 is 1.04 bits per heavy atom. The average molecular weight is 397 g/mol. The monoisotopic (exact) mass is 396 g/mol. The van der Waals surface area contributed by atoms with Crippen molar-refractivity contribution in [1.82, 2.24) is 10.6 Å². The van der Waals surface area contributed by atoms with Crippen LogP contribution < -0.4 is 20.1 Å². The molecule has 0 saturated heterocycles. The van der Waals surface area contributed by atoms with Gasteiger partial charge in [0.2, 0.25) is 5.91 Å². The quantitative estimate of drug-likeness (QED) is 0.528. The SMILES string of the molecule is COc1ccc(CCNC(=O)C(CC(C)(C)C)NCC(OC)OC)cc1OC. The summed E-state index contributed by atoms with van der Waals surface area (Å²) < 4.78 is 21.0. The smallest absolute Gasteiger partial charge is 0.237 e. The van der Waals surface area contributed by atoms with E-state index in [2.05, 4.69) is 31.4 Å². The number of hydrogen-bond donors (Lipinski definition) is 2. The van der Waals surface area contributed by atoms with Gasteiger partial charge in [0.15, 0.2) is 17.8 Å². The van der Waals surface area contributed by atoms with Gasteiger partial charge in [-0.3, -0.25) is 4.79 Å². The Morgan fingerprint density at radius 2 is 1.68 bits per heavy atom. The van der Waals surface area contributed by atoms with E-state index < -0.39 is 0 Å². The average Bonchev–Trinajstić information content (AvgIpc) is 2.66. The fourth-order valence-corrected chi connectivity index (χ4v) is 2.86. The van der Waals surface area contributed by atoms with Crippen molar-refractivity contribution in [2.75, 3.05) is 41.5 Å². The van der Waals surface area contributed by atoms with Crippen LogP contribution in [0.2, 0.25) is 0 Å². The maximum Gasteiger partial charge on any atom is 0.237 e. The fraction of sp³-hybridized carbons (Fsp3) is 0.667. The maximum absolute atomic E-state index is 12.7. The molecular weight excluding hydrogens is 360 g/mol. The Hall–Kier alpha value is -1.83. The number of ether oxygens (including phenoxy) is 4. The minimum Gasteiger partial charge on any atom is -0.493 e. The van der Waals surface area contributed by atoms with E-state index in [0.717, 1.165) is 5.56 Å². The molecule has 0 aromatic heterocycles. The lowest BCUT2D eigenvalue weighted by molar-refractivity contribution is -0.125. The molecule has 1 aromatic rings. The van der Waals surface area contributed by atoms with Crippen LogP contribution in [0.25, 0.3) is 0 Å². The highest BCUT2D eigenvalue weighted by molar-refractivity contribution is 5.81. The lowest BCUT2D eigenvalue weighted by atomic mass is 9.87. The molecule has 7 nitrogen and oxygen atoms in total. The highest BCUT2D eigenvalue weighted by atomic mass is 16.7. The van der Waals surface area contributed by atoms with E-state index in [-0.39, 0.29) is 23.7 Å². The van der Waals surface area contributed by atoms with Crippen molar-refractivity contribution in [1.29, 1.82) is 0 Å². The number of hydrogen-bond acceptors (Lipinski definition) is 6. The second-order valence-electron chi connectivity index (χ2n) is 7.86. The first kappa shape index (κ1) is 24.2. The minimum absolute atomic E-state index is 0.00793. The van der Waals surface area contributed by atoms with E-state index in [1.54, 1.807) is 28.4 Å². The summed E-state index contributed by atoms with van der Waals surface area (Å²) in [6, 6.07) is 5.45. The van der Waals surface area contributed by atoms with Crippen LogP contribution in [0.1, 0.15) is 32.8 Å². The van der Waals surface area contributed by atoms with Crippen LogP contribution in [0.15, 0.2) is 18.2 Å². The molecule has 1 atom stereocenters.